The summed E-state index contributed by atoms with van der Waals surface area (Å²) in [7, 11) is 0. The Balaban J connectivity index is 2.09. The summed E-state index contributed by atoms with van der Waals surface area (Å²) in [4.78, 5) is 26.5. The van der Waals surface area contributed by atoms with Crippen LogP contribution in [0, 0.1) is 17.3 Å². The number of amides is 1. The third kappa shape index (κ3) is 3.15. The van der Waals surface area contributed by atoms with Gasteiger partial charge in [-0.25, -0.2) is 0 Å². The fraction of sp³-hybridized carbons (Fsp3) is 0.600. The molecule has 1 aromatic heterocycles. The summed E-state index contributed by atoms with van der Waals surface area (Å²) < 4.78 is 0.829. The van der Waals surface area contributed by atoms with Crippen LogP contribution in [-0.2, 0) is 4.79 Å². The van der Waals surface area contributed by atoms with Crippen molar-refractivity contribution in [1.29, 1.82) is 0 Å². The van der Waals surface area contributed by atoms with Crippen molar-refractivity contribution in [2.24, 2.45) is 17.3 Å². The molecule has 0 bridgehead atoms. The molecule has 1 aliphatic carbocycles. The highest BCUT2D eigenvalue weighted by atomic mass is 79.9. The van der Waals surface area contributed by atoms with Crippen LogP contribution >= 0.6 is 15.9 Å². The lowest BCUT2D eigenvalue weighted by Crippen LogP contribution is -2.52. The zero-order valence-corrected chi connectivity index (χ0v) is 14.0. The fourth-order valence-electron chi connectivity index (χ4n) is 3.19. The molecule has 0 aromatic carbocycles. The Labute approximate surface area is 132 Å². The van der Waals surface area contributed by atoms with Crippen molar-refractivity contribution >= 4 is 27.8 Å². The Kier molecular flexibility index (Phi) is 4.46. The number of halogens is 1. The van der Waals surface area contributed by atoms with Gasteiger partial charge in [0.15, 0.2) is 0 Å². The maximum Gasteiger partial charge on any atom is 0.307 e. The summed E-state index contributed by atoms with van der Waals surface area (Å²) in [5, 5.41) is 12.4. The van der Waals surface area contributed by atoms with Gasteiger partial charge in [-0.05, 0) is 46.2 Å². The number of hydrogen-bond donors (Lipinski definition) is 3. The van der Waals surface area contributed by atoms with E-state index in [1.807, 2.05) is 20.8 Å². The predicted molar refractivity (Wildman–Crippen MR) is 83.1 cm³/mol. The standard InChI is InChI=1S/C15H21BrN2O3/c1-8-11(5-4-10(14(20)21)15(8,2)3)18-13(19)12-6-9(16)7-17-12/h6-8,10-11,17H,4-5H2,1-3H3,(H,18,19)(H,20,21). The van der Waals surface area contributed by atoms with Gasteiger partial charge in [-0.2, -0.15) is 0 Å². The van der Waals surface area contributed by atoms with Gasteiger partial charge in [0.05, 0.1) is 5.92 Å². The average Bonchev–Trinajstić information content (AvgIpc) is 2.81. The van der Waals surface area contributed by atoms with Gasteiger partial charge >= 0.3 is 5.97 Å². The molecule has 1 heterocycles. The third-order valence-electron chi connectivity index (χ3n) is 4.95. The monoisotopic (exact) mass is 356 g/mol. The van der Waals surface area contributed by atoms with E-state index >= 15 is 0 Å². The zero-order chi connectivity index (χ0) is 15.8. The van der Waals surface area contributed by atoms with E-state index in [2.05, 4.69) is 26.2 Å². The number of aliphatic carboxylic acids is 1. The molecule has 0 aliphatic heterocycles. The van der Waals surface area contributed by atoms with E-state index in [1.165, 1.54) is 0 Å². The highest BCUT2D eigenvalue weighted by Gasteiger charge is 2.46. The van der Waals surface area contributed by atoms with E-state index in [0.29, 0.717) is 18.5 Å². The minimum absolute atomic E-state index is 0.00910. The van der Waals surface area contributed by atoms with Crippen molar-refractivity contribution in [1.82, 2.24) is 10.3 Å². The molecule has 1 aromatic rings. The normalized spacial score (nSPS) is 28.1. The number of carboxylic acids is 1. The first kappa shape index (κ1) is 16.1. The van der Waals surface area contributed by atoms with Crippen molar-refractivity contribution < 1.29 is 14.7 Å². The third-order valence-corrected chi connectivity index (χ3v) is 5.41. The Bertz CT molecular complexity index is 553. The quantitative estimate of drug-likeness (QED) is 0.778. The maximum atomic E-state index is 12.2. The summed E-state index contributed by atoms with van der Waals surface area (Å²) in [5.74, 6) is -1.16. The first-order valence-corrected chi connectivity index (χ1v) is 7.90. The highest BCUT2D eigenvalue weighted by Crippen LogP contribution is 2.45. The number of aromatic nitrogens is 1. The number of carbonyl (C=O) groups is 2. The topological polar surface area (TPSA) is 82.2 Å². The van der Waals surface area contributed by atoms with Crippen molar-refractivity contribution in [3.8, 4) is 0 Å². The molecule has 1 amide bonds. The van der Waals surface area contributed by atoms with Gasteiger partial charge < -0.3 is 15.4 Å². The number of carbonyl (C=O) groups excluding carboxylic acids is 1. The molecular formula is C15H21BrN2O3. The van der Waals surface area contributed by atoms with Crippen molar-refractivity contribution in [2.45, 2.75) is 39.7 Å². The molecule has 1 saturated carbocycles. The lowest BCUT2D eigenvalue weighted by molar-refractivity contribution is -0.150. The summed E-state index contributed by atoms with van der Waals surface area (Å²) in [5.41, 5.74) is 0.158. The number of aromatic amines is 1. The van der Waals surface area contributed by atoms with Gasteiger partial charge in [0.1, 0.15) is 5.69 Å². The molecule has 116 valence electrons. The van der Waals surface area contributed by atoms with Gasteiger partial charge in [0, 0.05) is 16.7 Å². The van der Waals surface area contributed by atoms with E-state index in [4.69, 9.17) is 0 Å². The van der Waals surface area contributed by atoms with E-state index in [-0.39, 0.29) is 29.2 Å². The lowest BCUT2D eigenvalue weighted by atomic mass is 9.61. The average molecular weight is 357 g/mol. The van der Waals surface area contributed by atoms with Crippen LogP contribution in [0.15, 0.2) is 16.7 Å². The second kappa shape index (κ2) is 5.83. The largest absolute Gasteiger partial charge is 0.481 e. The smallest absolute Gasteiger partial charge is 0.307 e. The molecule has 0 radical (unpaired) electrons. The SMILES string of the molecule is CC1C(NC(=O)c2cc(Br)c[nH]2)CCC(C(=O)O)C1(C)C. The lowest BCUT2D eigenvalue weighted by Gasteiger charge is -2.46. The summed E-state index contributed by atoms with van der Waals surface area (Å²) in [6.07, 6.45) is 2.99. The minimum Gasteiger partial charge on any atom is -0.481 e. The van der Waals surface area contributed by atoms with Crippen molar-refractivity contribution in [2.75, 3.05) is 0 Å². The summed E-state index contributed by atoms with van der Waals surface area (Å²) in [6.45, 7) is 5.96. The molecule has 21 heavy (non-hydrogen) atoms. The number of nitrogens with one attached hydrogen (secondary N) is 2. The molecule has 6 heteroatoms. The molecule has 3 unspecified atom stereocenters. The van der Waals surface area contributed by atoms with Crippen LogP contribution in [0.1, 0.15) is 44.1 Å². The van der Waals surface area contributed by atoms with Crippen molar-refractivity contribution in [3.63, 3.8) is 0 Å². The molecule has 3 atom stereocenters. The number of H-pyrrole nitrogens is 1. The first-order valence-electron chi connectivity index (χ1n) is 7.11. The van der Waals surface area contributed by atoms with Gasteiger partial charge in [-0.15, -0.1) is 0 Å². The van der Waals surface area contributed by atoms with Crippen LogP contribution in [0.3, 0.4) is 0 Å². The highest BCUT2D eigenvalue weighted by molar-refractivity contribution is 9.10. The molecule has 5 nitrogen and oxygen atoms in total. The van der Waals surface area contributed by atoms with Crippen LogP contribution in [0.25, 0.3) is 0 Å². The molecule has 3 N–H and O–H groups in total. The minimum atomic E-state index is -0.745. The van der Waals surface area contributed by atoms with Crippen LogP contribution < -0.4 is 5.32 Å². The number of rotatable bonds is 3. The molecule has 1 aliphatic rings. The molecule has 0 saturated heterocycles. The van der Waals surface area contributed by atoms with E-state index in [9.17, 15) is 14.7 Å². The fourth-order valence-corrected chi connectivity index (χ4v) is 3.53. The van der Waals surface area contributed by atoms with Gasteiger partial charge in [-0.1, -0.05) is 20.8 Å². The molecule has 1 fully saturated rings. The summed E-state index contributed by atoms with van der Waals surface area (Å²) >= 11 is 3.30. The molecule has 2 rings (SSSR count). The van der Waals surface area contributed by atoms with Gasteiger partial charge in [-0.3, -0.25) is 9.59 Å². The van der Waals surface area contributed by atoms with E-state index in [0.717, 1.165) is 4.47 Å². The van der Waals surface area contributed by atoms with Crippen LogP contribution in [0.4, 0.5) is 0 Å². The Morgan fingerprint density at radius 2 is 2.10 bits per heavy atom. The van der Waals surface area contributed by atoms with Crippen LogP contribution in [-0.4, -0.2) is 28.0 Å². The number of hydrogen-bond acceptors (Lipinski definition) is 2. The second-order valence-corrected chi connectivity index (χ2v) is 7.31. The van der Waals surface area contributed by atoms with Gasteiger partial charge in [0.2, 0.25) is 0 Å². The van der Waals surface area contributed by atoms with Crippen molar-refractivity contribution in [3.05, 3.63) is 22.4 Å². The predicted octanol–water partition coefficient (Wildman–Crippen LogP) is 3.03. The summed E-state index contributed by atoms with van der Waals surface area (Å²) in [6, 6.07) is 1.72. The van der Waals surface area contributed by atoms with E-state index in [1.54, 1.807) is 12.3 Å². The molecule has 0 spiro atoms. The molecular weight excluding hydrogens is 336 g/mol. The van der Waals surface area contributed by atoms with Gasteiger partial charge in [0.25, 0.3) is 5.91 Å². The first-order chi connectivity index (χ1) is 9.73. The Morgan fingerprint density at radius 1 is 1.43 bits per heavy atom. The van der Waals surface area contributed by atoms with E-state index < -0.39 is 5.97 Å². The Hall–Kier alpha value is -1.30. The zero-order valence-electron chi connectivity index (χ0n) is 12.4. The number of carboxylic acid groups (broad SMARTS) is 1. The maximum absolute atomic E-state index is 12.2. The second-order valence-electron chi connectivity index (χ2n) is 6.39. The van der Waals surface area contributed by atoms with Crippen LogP contribution in [0.2, 0.25) is 0 Å². The van der Waals surface area contributed by atoms with Crippen LogP contribution in [0.5, 0.6) is 0 Å². The Morgan fingerprint density at radius 3 is 2.62 bits per heavy atom.